The first-order valence-electron chi connectivity index (χ1n) is 8.88. The fourth-order valence-electron chi connectivity index (χ4n) is 3.74. The largest absolute Gasteiger partial charge is 0.382 e. The first kappa shape index (κ1) is 17.5. The molecule has 2 heterocycles. The van der Waals surface area contributed by atoms with E-state index in [1.807, 2.05) is 19.2 Å². The van der Waals surface area contributed by atoms with Gasteiger partial charge >= 0.3 is 0 Å². The summed E-state index contributed by atoms with van der Waals surface area (Å²) in [4.78, 5) is 2.06. The third-order valence-electron chi connectivity index (χ3n) is 5.12. The van der Waals surface area contributed by atoms with E-state index in [4.69, 9.17) is 5.73 Å². The molecule has 0 radical (unpaired) electrons. The summed E-state index contributed by atoms with van der Waals surface area (Å²) in [5, 5.41) is 7.82. The van der Waals surface area contributed by atoms with Gasteiger partial charge in [0.2, 0.25) is 0 Å². The van der Waals surface area contributed by atoms with Crippen LogP contribution in [0.15, 0.2) is 48.5 Å². The summed E-state index contributed by atoms with van der Waals surface area (Å²) < 4.78 is 29.9. The average molecular weight is 366 g/mol. The van der Waals surface area contributed by atoms with Gasteiger partial charge in [-0.15, -0.1) is 10.2 Å². The fraction of sp³-hybridized carbons (Fsp3) is 0.238. The zero-order chi connectivity index (χ0) is 19.0. The number of halogens is 2. The quantitative estimate of drug-likeness (QED) is 0.746. The summed E-state index contributed by atoms with van der Waals surface area (Å²) in [6.07, 6.45) is 0.727. The Kier molecular flexibility index (Phi) is 4.58. The van der Waals surface area contributed by atoms with Crippen LogP contribution in [0.1, 0.15) is 29.0 Å². The summed E-state index contributed by atoms with van der Waals surface area (Å²) in [5.74, 6) is -0.492. The smallest absolute Gasteiger partial charge is 0.146 e. The van der Waals surface area contributed by atoms with Gasteiger partial charge in [0.15, 0.2) is 0 Å². The molecular weight excluding hydrogens is 346 g/mol. The molecule has 0 saturated carbocycles. The van der Waals surface area contributed by atoms with Crippen LogP contribution in [0.3, 0.4) is 0 Å². The molecule has 1 aromatic heterocycles. The van der Waals surface area contributed by atoms with E-state index in [2.05, 4.69) is 15.1 Å². The Morgan fingerprint density at radius 1 is 1.00 bits per heavy atom. The lowest BCUT2D eigenvalue weighted by atomic mass is 9.85. The van der Waals surface area contributed by atoms with Gasteiger partial charge in [-0.1, -0.05) is 24.3 Å². The molecule has 1 atom stereocenters. The number of benzene rings is 2. The summed E-state index contributed by atoms with van der Waals surface area (Å²) in [6, 6.07) is 13.6. The second-order valence-electron chi connectivity index (χ2n) is 6.94. The van der Waals surface area contributed by atoms with Crippen molar-refractivity contribution >= 4 is 5.82 Å². The van der Waals surface area contributed by atoms with Gasteiger partial charge in [0, 0.05) is 23.6 Å². The fourth-order valence-corrected chi connectivity index (χ4v) is 3.74. The van der Waals surface area contributed by atoms with Crippen molar-refractivity contribution in [2.24, 2.45) is 0 Å². The van der Waals surface area contributed by atoms with Crippen LogP contribution in [0.5, 0.6) is 0 Å². The topological polar surface area (TPSA) is 55.0 Å². The van der Waals surface area contributed by atoms with Crippen LogP contribution in [0.25, 0.3) is 11.3 Å². The number of anilines is 1. The van der Waals surface area contributed by atoms with E-state index < -0.39 is 0 Å². The zero-order valence-corrected chi connectivity index (χ0v) is 15.0. The lowest BCUT2D eigenvalue weighted by molar-refractivity contribution is 0.323. The Labute approximate surface area is 156 Å². The second kappa shape index (κ2) is 7.04. The van der Waals surface area contributed by atoms with Gasteiger partial charge in [-0.05, 0) is 55.4 Å². The monoisotopic (exact) mass is 366 g/mol. The molecule has 138 valence electrons. The molecule has 3 aromatic rings. The molecule has 1 aliphatic rings. The van der Waals surface area contributed by atoms with Gasteiger partial charge in [0.25, 0.3) is 0 Å². The SMILES string of the molecule is CN1CCC(c2ccccc2F)c2ccc(-c3ccc(N)nn3)c(F)c2C1. The summed E-state index contributed by atoms with van der Waals surface area (Å²) >= 11 is 0. The number of fused-ring (bicyclic) bond motifs is 1. The Morgan fingerprint density at radius 2 is 1.81 bits per heavy atom. The van der Waals surface area contributed by atoms with E-state index in [9.17, 15) is 4.39 Å². The minimum Gasteiger partial charge on any atom is -0.382 e. The molecule has 0 spiro atoms. The van der Waals surface area contributed by atoms with E-state index in [0.29, 0.717) is 28.9 Å². The van der Waals surface area contributed by atoms with E-state index in [-0.39, 0.29) is 23.4 Å². The van der Waals surface area contributed by atoms with Crippen molar-refractivity contribution in [1.82, 2.24) is 15.1 Å². The Hall–Kier alpha value is -2.86. The minimum absolute atomic E-state index is 0.188. The highest BCUT2D eigenvalue weighted by Crippen LogP contribution is 2.38. The molecule has 0 bridgehead atoms. The maximum absolute atomic E-state index is 15.5. The molecule has 0 fully saturated rings. The first-order chi connectivity index (χ1) is 13.0. The highest BCUT2D eigenvalue weighted by atomic mass is 19.1. The molecule has 2 aromatic carbocycles. The number of hydrogen-bond acceptors (Lipinski definition) is 4. The van der Waals surface area contributed by atoms with Crippen molar-refractivity contribution in [3.05, 3.63) is 76.9 Å². The van der Waals surface area contributed by atoms with Gasteiger partial charge in [-0.3, -0.25) is 0 Å². The molecule has 4 rings (SSSR count). The number of aromatic nitrogens is 2. The summed E-state index contributed by atoms with van der Waals surface area (Å²) in [5.41, 5.74) is 8.40. The van der Waals surface area contributed by atoms with E-state index in [1.165, 1.54) is 6.07 Å². The third-order valence-corrected chi connectivity index (χ3v) is 5.12. The normalized spacial score (nSPS) is 17.4. The Balaban J connectivity index is 1.86. The molecule has 1 unspecified atom stereocenters. The number of hydrogen-bond donors (Lipinski definition) is 1. The van der Waals surface area contributed by atoms with Crippen molar-refractivity contribution in [2.45, 2.75) is 18.9 Å². The number of nitrogens with two attached hydrogens (primary N) is 1. The van der Waals surface area contributed by atoms with Gasteiger partial charge in [0.05, 0.1) is 5.69 Å². The third kappa shape index (κ3) is 3.28. The van der Waals surface area contributed by atoms with Crippen LogP contribution < -0.4 is 5.73 Å². The predicted octanol–water partition coefficient (Wildman–Crippen LogP) is 3.97. The van der Waals surface area contributed by atoms with Crippen molar-refractivity contribution < 1.29 is 8.78 Å². The highest BCUT2D eigenvalue weighted by molar-refractivity contribution is 5.63. The van der Waals surface area contributed by atoms with Crippen LogP contribution in [0, 0.1) is 11.6 Å². The van der Waals surface area contributed by atoms with Crippen LogP contribution in [-0.2, 0) is 6.54 Å². The van der Waals surface area contributed by atoms with Crippen molar-refractivity contribution in [3.63, 3.8) is 0 Å². The second-order valence-corrected chi connectivity index (χ2v) is 6.94. The molecule has 0 amide bonds. The Bertz CT molecular complexity index is 972. The van der Waals surface area contributed by atoms with Crippen molar-refractivity contribution in [2.75, 3.05) is 19.3 Å². The number of nitrogens with zero attached hydrogens (tertiary/aromatic N) is 3. The van der Waals surface area contributed by atoms with Crippen LogP contribution in [0.4, 0.5) is 14.6 Å². The lowest BCUT2D eigenvalue weighted by Crippen LogP contribution is -2.18. The standard InChI is InChI=1S/C21H20F2N4/c1-27-11-10-14(15-4-2-3-5-18(15)22)13-6-7-16(21(23)17(13)12-27)19-8-9-20(24)26-25-19/h2-9,14H,10-12H2,1H3,(H2,24,26). The maximum Gasteiger partial charge on any atom is 0.146 e. The molecular formula is C21H20F2N4. The lowest BCUT2D eigenvalue weighted by Gasteiger charge is -2.20. The zero-order valence-electron chi connectivity index (χ0n) is 15.0. The molecule has 0 aliphatic carbocycles. The van der Waals surface area contributed by atoms with E-state index in [0.717, 1.165) is 18.5 Å². The molecule has 0 saturated heterocycles. The van der Waals surface area contributed by atoms with Crippen molar-refractivity contribution in [1.29, 1.82) is 0 Å². The van der Waals surface area contributed by atoms with Gasteiger partial charge in [-0.25, -0.2) is 8.78 Å². The number of nitrogen functional groups attached to an aromatic ring is 1. The predicted molar refractivity (Wildman–Crippen MR) is 101 cm³/mol. The van der Waals surface area contributed by atoms with Crippen LogP contribution in [0.2, 0.25) is 0 Å². The average Bonchev–Trinajstić information content (AvgIpc) is 2.83. The molecule has 6 heteroatoms. The van der Waals surface area contributed by atoms with Gasteiger partial charge < -0.3 is 10.6 Å². The summed E-state index contributed by atoms with van der Waals surface area (Å²) in [6.45, 7) is 1.21. The first-order valence-corrected chi connectivity index (χ1v) is 8.88. The molecule has 27 heavy (non-hydrogen) atoms. The Morgan fingerprint density at radius 3 is 2.56 bits per heavy atom. The van der Waals surface area contributed by atoms with E-state index >= 15 is 4.39 Å². The number of rotatable bonds is 2. The minimum atomic E-state index is -0.332. The molecule has 2 N–H and O–H groups in total. The van der Waals surface area contributed by atoms with Gasteiger partial charge in [0.1, 0.15) is 17.5 Å². The molecule has 1 aliphatic heterocycles. The molecule has 4 nitrogen and oxygen atoms in total. The van der Waals surface area contributed by atoms with E-state index in [1.54, 1.807) is 30.3 Å². The van der Waals surface area contributed by atoms with Crippen LogP contribution in [-0.4, -0.2) is 28.7 Å². The highest BCUT2D eigenvalue weighted by Gasteiger charge is 2.28. The summed E-state index contributed by atoms with van der Waals surface area (Å²) in [7, 11) is 1.95. The van der Waals surface area contributed by atoms with Crippen LogP contribution >= 0.6 is 0 Å². The van der Waals surface area contributed by atoms with Crippen molar-refractivity contribution in [3.8, 4) is 11.3 Å². The maximum atomic E-state index is 15.5. The van der Waals surface area contributed by atoms with Gasteiger partial charge in [-0.2, -0.15) is 0 Å².